The largest absolute Gasteiger partial charge is 0.472 e. The van der Waals surface area contributed by atoms with Crippen LogP contribution >= 0.6 is 7.82 Å². The lowest BCUT2D eigenvalue weighted by Crippen LogP contribution is -2.45. The summed E-state index contributed by atoms with van der Waals surface area (Å²) >= 11 is 0. The standard InChI is InChI=1S/C75H149N2O6P/c1-6-8-10-12-14-16-18-20-22-24-26-28-30-32-34-36-38-39-40-42-44-46-48-50-52-54-56-58-60-62-64-66-68-74(78)73(72-83-84(80,81)82-71-70-77(3,4)5)76-75(79)69-67-65-63-61-59-57-55-53-51-49-47-45-43-41-37-35-33-31-29-27-25-23-21-19-17-15-13-11-9-7-2/h58,60,66,68,73-74,78H,6-57,59,61-65,67,69-72H2,1-5H3,(H-,76,79,80,81)/p+1/b60-58+,68-66+. The Bertz CT molecular complexity index is 1420. The van der Waals surface area contributed by atoms with Crippen molar-refractivity contribution in [3.8, 4) is 0 Å². The van der Waals surface area contributed by atoms with E-state index in [2.05, 4.69) is 31.3 Å². The number of phosphoric acid groups is 1. The summed E-state index contributed by atoms with van der Waals surface area (Å²) in [5, 5.41) is 14.0. The molecule has 0 bridgehead atoms. The van der Waals surface area contributed by atoms with E-state index in [-0.39, 0.29) is 19.1 Å². The average molecular weight is 1210 g/mol. The number of quaternary nitrogens is 1. The molecular formula is C75H150N2O6P+. The molecule has 0 aromatic carbocycles. The van der Waals surface area contributed by atoms with Gasteiger partial charge in [-0.05, 0) is 32.1 Å². The minimum atomic E-state index is -4.36. The molecule has 8 nitrogen and oxygen atoms in total. The van der Waals surface area contributed by atoms with Gasteiger partial charge in [0.1, 0.15) is 13.2 Å². The highest BCUT2D eigenvalue weighted by atomic mass is 31.2. The van der Waals surface area contributed by atoms with Crippen molar-refractivity contribution in [2.75, 3.05) is 40.9 Å². The Morgan fingerprint density at radius 3 is 0.952 bits per heavy atom. The van der Waals surface area contributed by atoms with Gasteiger partial charge in [0.15, 0.2) is 0 Å². The lowest BCUT2D eigenvalue weighted by Gasteiger charge is -2.25. The van der Waals surface area contributed by atoms with Gasteiger partial charge in [0.05, 0.1) is 39.9 Å². The fourth-order valence-corrected chi connectivity index (χ4v) is 12.6. The summed E-state index contributed by atoms with van der Waals surface area (Å²) in [6.45, 7) is 4.87. The number of aliphatic hydroxyl groups is 1. The number of carbonyl (C=O) groups excluding carboxylic acids is 1. The first-order chi connectivity index (χ1) is 41.0. The smallest absolute Gasteiger partial charge is 0.387 e. The minimum Gasteiger partial charge on any atom is -0.387 e. The van der Waals surface area contributed by atoms with Crippen LogP contribution < -0.4 is 5.32 Å². The molecule has 0 aliphatic heterocycles. The fraction of sp³-hybridized carbons (Fsp3) is 0.933. The maximum Gasteiger partial charge on any atom is 0.472 e. The van der Waals surface area contributed by atoms with E-state index in [1.807, 2.05) is 27.2 Å². The van der Waals surface area contributed by atoms with E-state index < -0.39 is 20.0 Å². The molecule has 3 atom stereocenters. The van der Waals surface area contributed by atoms with Crippen LogP contribution in [0.25, 0.3) is 0 Å². The van der Waals surface area contributed by atoms with Crippen LogP contribution in [0.3, 0.4) is 0 Å². The predicted molar refractivity (Wildman–Crippen MR) is 369 cm³/mol. The number of amides is 1. The van der Waals surface area contributed by atoms with Crippen LogP contribution in [0, 0.1) is 0 Å². The summed E-state index contributed by atoms with van der Waals surface area (Å²) in [4.78, 5) is 23.4. The minimum absolute atomic E-state index is 0.0592. The van der Waals surface area contributed by atoms with Gasteiger partial charge in [0.2, 0.25) is 5.91 Å². The maximum absolute atomic E-state index is 13.1. The predicted octanol–water partition coefficient (Wildman–Crippen LogP) is 24.2. The molecule has 1 amide bonds. The van der Waals surface area contributed by atoms with E-state index in [4.69, 9.17) is 9.05 Å². The van der Waals surface area contributed by atoms with E-state index in [1.54, 1.807) is 6.08 Å². The molecule has 0 aliphatic carbocycles. The summed E-state index contributed by atoms with van der Waals surface area (Å²) in [5.74, 6) is -0.177. The molecule has 0 spiro atoms. The lowest BCUT2D eigenvalue weighted by atomic mass is 10.0. The molecule has 0 rings (SSSR count). The first-order valence-corrected chi connectivity index (χ1v) is 39.2. The molecule has 0 saturated carbocycles. The normalized spacial score (nSPS) is 13.7. The van der Waals surface area contributed by atoms with Crippen molar-refractivity contribution >= 4 is 13.7 Å². The first kappa shape index (κ1) is 83.0. The quantitative estimate of drug-likeness (QED) is 0.0243. The van der Waals surface area contributed by atoms with Crippen molar-refractivity contribution in [3.05, 3.63) is 24.3 Å². The van der Waals surface area contributed by atoms with Gasteiger partial charge in [-0.25, -0.2) is 4.57 Å². The molecule has 0 fully saturated rings. The fourth-order valence-electron chi connectivity index (χ4n) is 11.8. The SMILES string of the molecule is CCCCCCCCCCCCCCCCCCCCCCCCCCCC/C=C/CC/C=C/C(O)C(COP(=O)(O)OCC[N+](C)(C)C)NC(=O)CCCCCCCCCCCCCCCCCCCCCCCCCCCCCCCC. The van der Waals surface area contributed by atoms with Crippen LogP contribution in [-0.4, -0.2) is 73.4 Å². The Labute approximate surface area is 525 Å². The zero-order valence-electron chi connectivity index (χ0n) is 57.4. The third-order valence-corrected chi connectivity index (χ3v) is 18.7. The van der Waals surface area contributed by atoms with Gasteiger partial charge in [-0.15, -0.1) is 0 Å². The zero-order valence-corrected chi connectivity index (χ0v) is 58.3. The summed E-state index contributed by atoms with van der Waals surface area (Å²) in [6, 6.07) is -0.862. The Hall–Kier alpha value is -1.02. The second-order valence-electron chi connectivity index (χ2n) is 27.4. The van der Waals surface area contributed by atoms with Gasteiger partial charge < -0.3 is 19.8 Å². The van der Waals surface area contributed by atoms with Crippen molar-refractivity contribution < 1.29 is 32.9 Å². The summed E-state index contributed by atoms with van der Waals surface area (Å²) in [5.41, 5.74) is 0. The topological polar surface area (TPSA) is 105 Å². The Kier molecular flexibility index (Phi) is 65.6. The molecule has 84 heavy (non-hydrogen) atoms. The third-order valence-electron chi connectivity index (χ3n) is 17.7. The highest BCUT2D eigenvalue weighted by Gasteiger charge is 2.28. The Morgan fingerprint density at radius 1 is 0.393 bits per heavy atom. The average Bonchev–Trinajstić information content (AvgIpc) is 3.56. The number of hydrogen-bond donors (Lipinski definition) is 3. The number of allylic oxidation sites excluding steroid dienone is 3. The van der Waals surface area contributed by atoms with Crippen LogP contribution in [-0.2, 0) is 18.4 Å². The molecule has 3 unspecified atom stereocenters. The summed E-state index contributed by atoms with van der Waals surface area (Å²) in [7, 11) is 1.58. The van der Waals surface area contributed by atoms with Gasteiger partial charge >= 0.3 is 7.82 Å². The molecule has 0 saturated heterocycles. The van der Waals surface area contributed by atoms with Crippen LogP contribution in [0.1, 0.15) is 399 Å². The van der Waals surface area contributed by atoms with E-state index in [0.29, 0.717) is 17.4 Å². The van der Waals surface area contributed by atoms with Gasteiger partial charge in [-0.3, -0.25) is 13.8 Å². The number of nitrogens with one attached hydrogen (secondary N) is 1. The number of unbranched alkanes of at least 4 members (excludes halogenated alkanes) is 56. The number of hydrogen-bond acceptors (Lipinski definition) is 5. The number of carbonyl (C=O) groups is 1. The molecule has 0 radical (unpaired) electrons. The summed E-state index contributed by atoms with van der Waals surface area (Å²) in [6.07, 6.45) is 87.9. The first-order valence-electron chi connectivity index (χ1n) is 37.7. The Balaban J connectivity index is 4.02. The molecule has 0 aliphatic rings. The number of nitrogens with zero attached hydrogens (tertiary/aromatic N) is 1. The highest BCUT2D eigenvalue weighted by Crippen LogP contribution is 2.43. The monoisotopic (exact) mass is 1210 g/mol. The van der Waals surface area contributed by atoms with Crippen molar-refractivity contribution in [1.29, 1.82) is 0 Å². The van der Waals surface area contributed by atoms with Crippen LogP contribution in [0.15, 0.2) is 24.3 Å². The van der Waals surface area contributed by atoms with E-state index in [0.717, 1.165) is 38.5 Å². The second kappa shape index (κ2) is 66.4. The number of rotatable bonds is 71. The molecule has 9 heteroatoms. The Morgan fingerprint density at radius 2 is 0.655 bits per heavy atom. The highest BCUT2D eigenvalue weighted by molar-refractivity contribution is 7.47. The third kappa shape index (κ3) is 68.5. The molecule has 0 aromatic heterocycles. The molecule has 0 heterocycles. The number of likely N-dealkylation sites (N-methyl/N-ethyl adjacent to an activating group) is 1. The number of phosphoric ester groups is 1. The van der Waals surface area contributed by atoms with Crippen molar-refractivity contribution in [3.63, 3.8) is 0 Å². The molecule has 0 aromatic rings. The van der Waals surface area contributed by atoms with E-state index in [9.17, 15) is 19.4 Å². The molecule has 500 valence electrons. The van der Waals surface area contributed by atoms with Gasteiger partial charge in [0.25, 0.3) is 0 Å². The van der Waals surface area contributed by atoms with Crippen LogP contribution in [0.2, 0.25) is 0 Å². The molecular weight excluding hydrogens is 1060 g/mol. The lowest BCUT2D eigenvalue weighted by molar-refractivity contribution is -0.870. The van der Waals surface area contributed by atoms with Crippen molar-refractivity contribution in [2.45, 2.75) is 411 Å². The van der Waals surface area contributed by atoms with Crippen LogP contribution in [0.4, 0.5) is 0 Å². The van der Waals surface area contributed by atoms with Crippen molar-refractivity contribution in [2.24, 2.45) is 0 Å². The van der Waals surface area contributed by atoms with E-state index >= 15 is 0 Å². The molecule has 3 N–H and O–H groups in total. The van der Waals surface area contributed by atoms with Gasteiger partial charge in [0, 0.05) is 6.42 Å². The summed E-state index contributed by atoms with van der Waals surface area (Å²) < 4.78 is 23.8. The van der Waals surface area contributed by atoms with Crippen LogP contribution in [0.5, 0.6) is 0 Å². The van der Waals surface area contributed by atoms with Crippen molar-refractivity contribution in [1.82, 2.24) is 5.32 Å². The van der Waals surface area contributed by atoms with E-state index in [1.165, 1.54) is 340 Å². The second-order valence-corrected chi connectivity index (χ2v) is 28.8. The van der Waals surface area contributed by atoms with Gasteiger partial charge in [-0.2, -0.15) is 0 Å². The zero-order chi connectivity index (χ0) is 61.2. The maximum atomic E-state index is 13.1. The van der Waals surface area contributed by atoms with Gasteiger partial charge in [-0.1, -0.05) is 385 Å². The number of aliphatic hydroxyl groups excluding tert-OH is 1.